The molecule has 0 radical (unpaired) electrons. The molecule has 31 heavy (non-hydrogen) atoms. The Labute approximate surface area is 222 Å². The van der Waals surface area contributed by atoms with Crippen molar-refractivity contribution in [2.24, 2.45) is 5.92 Å². The van der Waals surface area contributed by atoms with Gasteiger partial charge in [-0.05, 0) is 23.8 Å². The quantitative estimate of drug-likeness (QED) is 0.241. The van der Waals surface area contributed by atoms with E-state index in [1.54, 1.807) is 5.56 Å². The summed E-state index contributed by atoms with van der Waals surface area (Å²) in [5.74, 6) is 1.45. The zero-order valence-corrected chi connectivity index (χ0v) is 22.8. The molecule has 5 rings (SSSR count). The summed E-state index contributed by atoms with van der Waals surface area (Å²) < 4.78 is 0. The molecule has 3 aromatic carbocycles. The molecule has 1 atom stereocenters. The summed E-state index contributed by atoms with van der Waals surface area (Å²) in [5, 5.41) is 2.97. The van der Waals surface area contributed by atoms with Crippen LogP contribution in [0.2, 0.25) is 0 Å². The second kappa shape index (κ2) is 13.2. The van der Waals surface area contributed by atoms with E-state index in [1.807, 2.05) is 0 Å². The second-order valence-corrected chi connectivity index (χ2v) is 10.3. The van der Waals surface area contributed by atoms with Crippen LogP contribution in [0.1, 0.15) is 55.6 Å². The SMILES string of the molecule is [Cl-].[Cl-].[Cl-].[Ti+4].[c-]1c([SiH2]c2ccccc2)ccc2c1C(CC1CCCCC1)c1ccccc1-2. The standard InChI is InChI=1S/C26H27Si.3ClH.Ti/c1-3-9-19(10-4-1)17-25-23-14-8-7-13-22(23)24-16-15-21(18-26(24)25)27-20-11-5-2-6-12-20;;;;/h2,5-8,11-16,19,25H,1,3-4,9-10,17,27H2;3*1H;/q-1;;;;+4/p-3. The molecule has 5 heteroatoms. The third-order valence-electron chi connectivity index (χ3n) is 6.54. The molecule has 1 saturated carbocycles. The van der Waals surface area contributed by atoms with Gasteiger partial charge < -0.3 is 37.2 Å². The summed E-state index contributed by atoms with van der Waals surface area (Å²) in [7, 11) is -0.447. The zero-order valence-electron chi connectivity index (χ0n) is 17.6. The van der Waals surface area contributed by atoms with Crippen molar-refractivity contribution in [1.82, 2.24) is 0 Å². The van der Waals surface area contributed by atoms with Crippen LogP contribution in [-0.2, 0) is 21.7 Å². The van der Waals surface area contributed by atoms with Crippen LogP contribution >= 0.6 is 0 Å². The Balaban J connectivity index is 0.00000120. The molecule has 0 saturated heterocycles. The molecule has 0 aliphatic heterocycles. The van der Waals surface area contributed by atoms with Gasteiger partial charge in [-0.1, -0.05) is 97.5 Å². The molecule has 1 fully saturated rings. The van der Waals surface area contributed by atoms with Gasteiger partial charge >= 0.3 is 21.7 Å². The summed E-state index contributed by atoms with van der Waals surface area (Å²) >= 11 is 0. The van der Waals surface area contributed by atoms with E-state index in [0.717, 1.165) is 5.92 Å². The van der Waals surface area contributed by atoms with E-state index in [9.17, 15) is 0 Å². The van der Waals surface area contributed by atoms with Crippen molar-refractivity contribution in [2.45, 2.75) is 44.4 Å². The molecule has 0 N–H and O–H groups in total. The molecular formula is C26H27Cl3SiTi. The predicted molar refractivity (Wildman–Crippen MR) is 118 cm³/mol. The van der Waals surface area contributed by atoms with Crippen molar-refractivity contribution in [3.05, 3.63) is 83.9 Å². The fourth-order valence-electron chi connectivity index (χ4n) is 5.19. The van der Waals surface area contributed by atoms with Gasteiger partial charge in [0.1, 0.15) is 0 Å². The summed E-state index contributed by atoms with van der Waals surface area (Å²) in [6, 6.07) is 28.7. The van der Waals surface area contributed by atoms with Crippen LogP contribution in [0, 0.1) is 12.0 Å². The molecule has 0 bridgehead atoms. The molecule has 0 heterocycles. The zero-order chi connectivity index (χ0) is 18.1. The summed E-state index contributed by atoms with van der Waals surface area (Å²) in [6.45, 7) is 0. The number of halogens is 3. The monoisotopic (exact) mass is 520 g/mol. The third-order valence-corrected chi connectivity index (χ3v) is 8.22. The van der Waals surface area contributed by atoms with Gasteiger partial charge in [0.25, 0.3) is 0 Å². The van der Waals surface area contributed by atoms with Crippen LogP contribution in [0.5, 0.6) is 0 Å². The molecule has 0 aromatic heterocycles. The van der Waals surface area contributed by atoms with Crippen molar-refractivity contribution in [2.75, 3.05) is 0 Å². The molecule has 2 aliphatic rings. The molecule has 2 aliphatic carbocycles. The van der Waals surface area contributed by atoms with Crippen LogP contribution in [0.15, 0.2) is 66.7 Å². The van der Waals surface area contributed by atoms with Gasteiger partial charge in [-0.3, -0.25) is 0 Å². The summed E-state index contributed by atoms with van der Waals surface area (Å²) in [6.07, 6.45) is 8.45. The third kappa shape index (κ3) is 6.28. The van der Waals surface area contributed by atoms with Gasteiger partial charge in [-0.2, -0.15) is 23.4 Å². The number of rotatable bonds is 4. The van der Waals surface area contributed by atoms with Gasteiger partial charge in [-0.15, -0.1) is 11.1 Å². The van der Waals surface area contributed by atoms with Gasteiger partial charge in [0.05, 0.1) is 9.52 Å². The van der Waals surface area contributed by atoms with Crippen LogP contribution in [0.25, 0.3) is 11.1 Å². The normalized spacial score (nSPS) is 16.8. The first kappa shape index (κ1) is 28.5. The first-order chi connectivity index (χ1) is 13.4. The molecule has 0 nitrogen and oxygen atoms in total. The first-order valence-corrected chi connectivity index (χ1v) is 12.0. The minimum atomic E-state index is -0.447. The van der Waals surface area contributed by atoms with Crippen LogP contribution in [0.4, 0.5) is 0 Å². The maximum absolute atomic E-state index is 3.92. The number of hydrogen-bond donors (Lipinski definition) is 0. The largest absolute Gasteiger partial charge is 4.00 e. The topological polar surface area (TPSA) is 0 Å². The average Bonchev–Trinajstić information content (AvgIpc) is 3.03. The minimum Gasteiger partial charge on any atom is -1.00 e. The molecular weight excluding hydrogens is 495 g/mol. The average molecular weight is 522 g/mol. The van der Waals surface area contributed by atoms with Crippen LogP contribution in [-0.4, -0.2) is 9.52 Å². The second-order valence-electron chi connectivity index (χ2n) is 8.35. The fraction of sp³-hybridized carbons (Fsp3) is 0.308. The van der Waals surface area contributed by atoms with E-state index in [2.05, 4.69) is 72.8 Å². The Morgan fingerprint density at radius 2 is 1.42 bits per heavy atom. The summed E-state index contributed by atoms with van der Waals surface area (Å²) in [4.78, 5) is 0. The molecule has 3 aromatic rings. The Morgan fingerprint density at radius 3 is 2.16 bits per heavy atom. The number of hydrogen-bond acceptors (Lipinski definition) is 0. The number of fused-ring (bicyclic) bond motifs is 3. The van der Waals surface area contributed by atoms with Gasteiger partial charge in [0, 0.05) is 0 Å². The molecule has 160 valence electrons. The smallest absolute Gasteiger partial charge is 1.00 e. The minimum absolute atomic E-state index is 0. The maximum atomic E-state index is 3.92. The van der Waals surface area contributed by atoms with Crippen molar-refractivity contribution < 1.29 is 58.9 Å². The van der Waals surface area contributed by atoms with E-state index in [-0.39, 0.29) is 58.9 Å². The molecule has 0 spiro atoms. The number of benzene rings is 3. The first-order valence-electron chi connectivity index (χ1n) is 10.6. The Kier molecular flexibility index (Phi) is 12.2. The summed E-state index contributed by atoms with van der Waals surface area (Å²) in [5.41, 5.74) is 5.94. The van der Waals surface area contributed by atoms with Gasteiger partial charge in [0.15, 0.2) is 0 Å². The van der Waals surface area contributed by atoms with E-state index < -0.39 is 9.52 Å². The predicted octanol–water partition coefficient (Wildman–Crippen LogP) is -4.30. The van der Waals surface area contributed by atoms with Crippen molar-refractivity contribution >= 4 is 19.9 Å². The van der Waals surface area contributed by atoms with Crippen molar-refractivity contribution in [1.29, 1.82) is 0 Å². The molecule has 0 amide bonds. The van der Waals surface area contributed by atoms with E-state index in [0.29, 0.717) is 5.92 Å². The van der Waals surface area contributed by atoms with Gasteiger partial charge in [-0.25, -0.2) is 0 Å². The van der Waals surface area contributed by atoms with Crippen molar-refractivity contribution in [3.8, 4) is 11.1 Å². The van der Waals surface area contributed by atoms with Crippen molar-refractivity contribution in [3.63, 3.8) is 0 Å². The Bertz CT molecular complexity index is 942. The van der Waals surface area contributed by atoms with E-state index in [4.69, 9.17) is 0 Å². The Morgan fingerprint density at radius 1 is 0.742 bits per heavy atom. The Hall–Kier alpha value is -0.539. The van der Waals surface area contributed by atoms with E-state index >= 15 is 0 Å². The van der Waals surface area contributed by atoms with E-state index in [1.165, 1.54) is 65.6 Å². The fourth-order valence-corrected chi connectivity index (χ4v) is 6.65. The van der Waals surface area contributed by atoms with Crippen LogP contribution < -0.4 is 47.6 Å². The van der Waals surface area contributed by atoms with Gasteiger partial charge in [0.2, 0.25) is 0 Å². The maximum Gasteiger partial charge on any atom is 4.00 e. The molecule has 1 unspecified atom stereocenters. The van der Waals surface area contributed by atoms with Crippen LogP contribution in [0.3, 0.4) is 0 Å².